The second-order valence-electron chi connectivity index (χ2n) is 6.24. The molecule has 1 atom stereocenters. The van der Waals surface area contributed by atoms with Crippen LogP contribution in [0.5, 0.6) is 0 Å². The van der Waals surface area contributed by atoms with Crippen molar-refractivity contribution in [2.45, 2.75) is 44.7 Å². The summed E-state index contributed by atoms with van der Waals surface area (Å²) in [7, 11) is 4.36. The second-order valence-corrected chi connectivity index (χ2v) is 7.16. The van der Waals surface area contributed by atoms with Gasteiger partial charge in [0, 0.05) is 10.2 Å². The lowest BCUT2D eigenvalue weighted by molar-refractivity contribution is -0.927. The van der Waals surface area contributed by atoms with Crippen molar-refractivity contribution in [3.05, 3.63) is 28.7 Å². The molecular formula is C16H24BrN2O+. The standard InChI is InChI=1S/C16H23BrN2O/c1-12(19(2,3)15-6-4-5-7-15)16(20)18-14-10-8-13(17)9-11-14/h8-12,15H,4-7H2,1-3H3/p+1/t12-/m0/s1. The lowest BCUT2D eigenvalue weighted by atomic mass is 10.1. The zero-order valence-electron chi connectivity index (χ0n) is 12.5. The number of nitrogens with one attached hydrogen (secondary N) is 1. The average Bonchev–Trinajstić information content (AvgIpc) is 2.95. The van der Waals surface area contributed by atoms with E-state index in [4.69, 9.17) is 0 Å². The number of halogens is 1. The first-order valence-electron chi connectivity index (χ1n) is 7.31. The maximum Gasteiger partial charge on any atom is 0.282 e. The van der Waals surface area contributed by atoms with E-state index in [0.29, 0.717) is 6.04 Å². The van der Waals surface area contributed by atoms with Gasteiger partial charge in [0.1, 0.15) is 0 Å². The van der Waals surface area contributed by atoms with Gasteiger partial charge in [0.2, 0.25) is 0 Å². The molecule has 110 valence electrons. The highest BCUT2D eigenvalue weighted by Gasteiger charge is 2.39. The highest BCUT2D eigenvalue weighted by molar-refractivity contribution is 9.10. The fraction of sp³-hybridized carbons (Fsp3) is 0.562. The molecule has 20 heavy (non-hydrogen) atoms. The lowest BCUT2D eigenvalue weighted by Crippen LogP contribution is -2.57. The molecule has 0 saturated heterocycles. The molecule has 1 fully saturated rings. The van der Waals surface area contributed by atoms with Gasteiger partial charge >= 0.3 is 0 Å². The minimum atomic E-state index is -0.0400. The number of benzene rings is 1. The van der Waals surface area contributed by atoms with Crippen LogP contribution < -0.4 is 5.32 Å². The monoisotopic (exact) mass is 339 g/mol. The third-order valence-electron chi connectivity index (χ3n) is 4.76. The van der Waals surface area contributed by atoms with Gasteiger partial charge in [-0.3, -0.25) is 4.79 Å². The van der Waals surface area contributed by atoms with Crippen LogP contribution in [0.2, 0.25) is 0 Å². The van der Waals surface area contributed by atoms with E-state index in [1.807, 2.05) is 31.2 Å². The van der Waals surface area contributed by atoms with E-state index in [1.165, 1.54) is 25.7 Å². The topological polar surface area (TPSA) is 29.1 Å². The van der Waals surface area contributed by atoms with Crippen LogP contribution in [0.15, 0.2) is 28.7 Å². The number of rotatable bonds is 4. The summed E-state index contributed by atoms with van der Waals surface area (Å²) in [5.41, 5.74) is 0.858. The minimum absolute atomic E-state index is 0.0400. The maximum atomic E-state index is 12.5. The Morgan fingerprint density at radius 1 is 1.25 bits per heavy atom. The fourth-order valence-electron chi connectivity index (χ4n) is 2.97. The Hall–Kier alpha value is -0.870. The van der Waals surface area contributed by atoms with Gasteiger partial charge in [-0.2, -0.15) is 0 Å². The van der Waals surface area contributed by atoms with Crippen LogP contribution in [0.3, 0.4) is 0 Å². The van der Waals surface area contributed by atoms with Gasteiger partial charge in [-0.15, -0.1) is 0 Å². The van der Waals surface area contributed by atoms with Gasteiger partial charge in [0.05, 0.1) is 20.1 Å². The Bertz CT molecular complexity index is 464. The quantitative estimate of drug-likeness (QED) is 0.830. The molecule has 1 aliphatic carbocycles. The first kappa shape index (κ1) is 15.5. The van der Waals surface area contributed by atoms with Crippen LogP contribution in [-0.4, -0.2) is 36.6 Å². The zero-order valence-corrected chi connectivity index (χ0v) is 14.1. The SMILES string of the molecule is C[C@@H](C(=O)Nc1ccc(Br)cc1)[N+](C)(C)C1CCCC1. The Morgan fingerprint density at radius 2 is 1.80 bits per heavy atom. The summed E-state index contributed by atoms with van der Waals surface area (Å²) in [6.45, 7) is 2.03. The largest absolute Gasteiger partial charge is 0.321 e. The van der Waals surface area contributed by atoms with Crippen LogP contribution >= 0.6 is 15.9 Å². The molecule has 0 unspecified atom stereocenters. The average molecular weight is 340 g/mol. The molecule has 0 bridgehead atoms. The third kappa shape index (κ3) is 3.41. The number of quaternary nitrogens is 1. The molecule has 1 aromatic rings. The maximum absolute atomic E-state index is 12.5. The first-order chi connectivity index (χ1) is 9.41. The van der Waals surface area contributed by atoms with Gasteiger partial charge in [-0.1, -0.05) is 15.9 Å². The Balaban J connectivity index is 2.02. The highest BCUT2D eigenvalue weighted by atomic mass is 79.9. The number of hydrogen-bond acceptors (Lipinski definition) is 1. The number of carbonyl (C=O) groups is 1. The van der Waals surface area contributed by atoms with Crippen LogP contribution in [0.4, 0.5) is 5.69 Å². The molecular weight excluding hydrogens is 316 g/mol. The Morgan fingerprint density at radius 3 is 2.35 bits per heavy atom. The summed E-state index contributed by atoms with van der Waals surface area (Å²) in [5.74, 6) is 0.101. The summed E-state index contributed by atoms with van der Waals surface area (Å²) < 4.78 is 1.80. The van der Waals surface area contributed by atoms with E-state index >= 15 is 0 Å². The lowest BCUT2D eigenvalue weighted by Gasteiger charge is -2.40. The van der Waals surface area contributed by atoms with E-state index in [0.717, 1.165) is 14.6 Å². The molecule has 1 amide bonds. The summed E-state index contributed by atoms with van der Waals surface area (Å²) in [4.78, 5) is 12.5. The van der Waals surface area contributed by atoms with Crippen molar-refractivity contribution in [1.82, 2.24) is 0 Å². The third-order valence-corrected chi connectivity index (χ3v) is 5.28. The molecule has 1 N–H and O–H groups in total. The van der Waals surface area contributed by atoms with Crippen LogP contribution in [-0.2, 0) is 4.79 Å². The predicted molar refractivity (Wildman–Crippen MR) is 86.6 cm³/mol. The number of amides is 1. The van der Waals surface area contributed by atoms with Crippen molar-refractivity contribution in [3.63, 3.8) is 0 Å². The summed E-state index contributed by atoms with van der Waals surface area (Å²) in [5, 5.41) is 3.02. The number of likely N-dealkylation sites (N-methyl/N-ethyl adjacent to an activating group) is 1. The molecule has 0 aliphatic heterocycles. The Kier molecular flexibility index (Phi) is 4.86. The summed E-state index contributed by atoms with van der Waals surface area (Å²) in [6, 6.07) is 8.30. The first-order valence-corrected chi connectivity index (χ1v) is 8.10. The highest BCUT2D eigenvalue weighted by Crippen LogP contribution is 2.29. The van der Waals surface area contributed by atoms with Crippen molar-refractivity contribution < 1.29 is 9.28 Å². The van der Waals surface area contributed by atoms with Gasteiger partial charge in [-0.05, 0) is 56.9 Å². The van der Waals surface area contributed by atoms with Gasteiger partial charge < -0.3 is 9.80 Å². The summed E-state index contributed by atoms with van der Waals surface area (Å²) >= 11 is 3.40. The molecule has 3 nitrogen and oxygen atoms in total. The molecule has 1 aromatic carbocycles. The number of carbonyl (C=O) groups excluding carboxylic acids is 1. The second kappa shape index (κ2) is 6.27. The van der Waals surface area contributed by atoms with Crippen molar-refractivity contribution in [1.29, 1.82) is 0 Å². The zero-order chi connectivity index (χ0) is 14.8. The number of hydrogen-bond donors (Lipinski definition) is 1. The molecule has 1 aliphatic rings. The smallest absolute Gasteiger partial charge is 0.282 e. The minimum Gasteiger partial charge on any atom is -0.321 e. The Labute approximate surface area is 130 Å². The molecule has 2 rings (SSSR count). The predicted octanol–water partition coefficient (Wildman–Crippen LogP) is 3.80. The van der Waals surface area contributed by atoms with E-state index in [-0.39, 0.29) is 11.9 Å². The molecule has 0 radical (unpaired) electrons. The van der Waals surface area contributed by atoms with E-state index in [9.17, 15) is 4.79 Å². The van der Waals surface area contributed by atoms with E-state index in [1.54, 1.807) is 0 Å². The van der Waals surface area contributed by atoms with Gasteiger partial charge in [0.25, 0.3) is 5.91 Å². The van der Waals surface area contributed by atoms with Crippen LogP contribution in [0.1, 0.15) is 32.6 Å². The van der Waals surface area contributed by atoms with Crippen molar-refractivity contribution >= 4 is 27.5 Å². The molecule has 1 saturated carbocycles. The molecule has 0 spiro atoms. The van der Waals surface area contributed by atoms with Crippen molar-refractivity contribution in [3.8, 4) is 0 Å². The van der Waals surface area contributed by atoms with Crippen LogP contribution in [0.25, 0.3) is 0 Å². The normalized spacial score (nSPS) is 18.0. The van der Waals surface area contributed by atoms with E-state index in [2.05, 4.69) is 35.3 Å². The molecule has 4 heteroatoms. The number of anilines is 1. The fourth-order valence-corrected chi connectivity index (χ4v) is 3.23. The van der Waals surface area contributed by atoms with Crippen LogP contribution in [0, 0.1) is 0 Å². The molecule has 0 heterocycles. The van der Waals surface area contributed by atoms with Gasteiger partial charge in [-0.25, -0.2) is 0 Å². The van der Waals surface area contributed by atoms with E-state index < -0.39 is 0 Å². The van der Waals surface area contributed by atoms with Crippen molar-refractivity contribution in [2.75, 3.05) is 19.4 Å². The van der Waals surface area contributed by atoms with Gasteiger partial charge in [0.15, 0.2) is 6.04 Å². The number of nitrogens with zero attached hydrogens (tertiary/aromatic N) is 1. The summed E-state index contributed by atoms with van der Waals surface area (Å²) in [6.07, 6.45) is 5.08. The van der Waals surface area contributed by atoms with Crippen molar-refractivity contribution in [2.24, 2.45) is 0 Å². The molecule has 0 aromatic heterocycles.